The van der Waals surface area contributed by atoms with Gasteiger partial charge in [-0.05, 0) is 72.3 Å². The molecule has 7 heteroatoms. The van der Waals surface area contributed by atoms with Gasteiger partial charge in [-0.1, -0.05) is 76.3 Å². The monoisotopic (exact) mass is 529 g/mol. The van der Waals surface area contributed by atoms with Gasteiger partial charge in [0, 0.05) is 11.6 Å². The molecule has 214 valence electrons. The van der Waals surface area contributed by atoms with Crippen LogP contribution in [0.1, 0.15) is 118 Å². The van der Waals surface area contributed by atoms with Gasteiger partial charge >= 0.3 is 6.09 Å². The molecule has 2 rings (SSSR count). The van der Waals surface area contributed by atoms with E-state index < -0.39 is 29.3 Å². The molecule has 0 spiro atoms. The highest BCUT2D eigenvalue weighted by Gasteiger charge is 2.44. The van der Waals surface area contributed by atoms with Crippen LogP contribution in [0, 0.1) is 12.8 Å². The van der Waals surface area contributed by atoms with Crippen molar-refractivity contribution in [3.8, 4) is 0 Å². The van der Waals surface area contributed by atoms with Crippen LogP contribution in [0.15, 0.2) is 24.3 Å². The fraction of sp³-hybridized carbons (Fsp3) is 0.710. The molecular formula is C31H51N3O4. The normalized spacial score (nSPS) is 17.2. The summed E-state index contributed by atoms with van der Waals surface area (Å²) >= 11 is 0. The first-order valence-corrected chi connectivity index (χ1v) is 14.4. The van der Waals surface area contributed by atoms with Gasteiger partial charge in [0.05, 0.1) is 0 Å². The van der Waals surface area contributed by atoms with Crippen molar-refractivity contribution in [3.05, 3.63) is 35.4 Å². The van der Waals surface area contributed by atoms with Crippen molar-refractivity contribution in [1.29, 1.82) is 0 Å². The molecule has 1 aliphatic carbocycles. The van der Waals surface area contributed by atoms with Gasteiger partial charge in [-0.3, -0.25) is 9.59 Å². The summed E-state index contributed by atoms with van der Waals surface area (Å²) < 4.78 is 5.51. The van der Waals surface area contributed by atoms with Crippen LogP contribution in [-0.2, 0) is 14.3 Å². The molecule has 3 atom stereocenters. The molecule has 0 bridgehead atoms. The molecule has 1 saturated carbocycles. The highest BCUT2D eigenvalue weighted by Crippen LogP contribution is 2.34. The molecule has 0 aromatic heterocycles. The van der Waals surface area contributed by atoms with Gasteiger partial charge in [-0.2, -0.15) is 0 Å². The fourth-order valence-electron chi connectivity index (χ4n) is 5.00. The molecule has 3 amide bonds. The summed E-state index contributed by atoms with van der Waals surface area (Å²) in [5, 5.41) is 6.13. The summed E-state index contributed by atoms with van der Waals surface area (Å²) in [4.78, 5) is 43.2. The molecule has 0 heterocycles. The number of alkyl carbamates (subject to hydrolysis) is 1. The standard InChI is InChI=1S/C31H51N3O4/c1-10-22(4)25(33-29(37)38-30(5,6)7)28(36)34(31(8,9)11-2)26(23-17-15-16-21(3)20-23)27(35)32-24-18-13-12-14-19-24/h15-17,20,22,24-26H,10-14,18-19H2,1-9H3,(H,32,35)(H,33,37). The van der Waals surface area contributed by atoms with Gasteiger partial charge < -0.3 is 20.3 Å². The Morgan fingerprint density at radius 3 is 2.21 bits per heavy atom. The predicted octanol–water partition coefficient (Wildman–Crippen LogP) is 6.44. The number of aryl methyl sites for hydroxylation is 1. The van der Waals surface area contributed by atoms with E-state index in [1.807, 2.05) is 65.8 Å². The van der Waals surface area contributed by atoms with Crippen LogP contribution in [0.25, 0.3) is 0 Å². The van der Waals surface area contributed by atoms with Gasteiger partial charge in [0.25, 0.3) is 0 Å². The lowest BCUT2D eigenvalue weighted by atomic mass is 9.88. The van der Waals surface area contributed by atoms with Crippen LogP contribution < -0.4 is 10.6 Å². The lowest BCUT2D eigenvalue weighted by Gasteiger charge is -2.45. The van der Waals surface area contributed by atoms with Crippen molar-refractivity contribution in [2.45, 2.75) is 137 Å². The zero-order chi connectivity index (χ0) is 28.7. The van der Waals surface area contributed by atoms with Crippen molar-refractivity contribution in [2.24, 2.45) is 5.92 Å². The summed E-state index contributed by atoms with van der Waals surface area (Å²) in [5.74, 6) is -0.607. The second-order valence-electron chi connectivity index (χ2n) is 12.5. The zero-order valence-electron chi connectivity index (χ0n) is 25.1. The van der Waals surface area contributed by atoms with Crippen LogP contribution in [-0.4, -0.2) is 46.0 Å². The average Bonchev–Trinajstić information content (AvgIpc) is 2.84. The number of amides is 3. The van der Waals surface area contributed by atoms with E-state index in [1.54, 1.807) is 25.7 Å². The van der Waals surface area contributed by atoms with Crippen molar-refractivity contribution in [2.75, 3.05) is 0 Å². The van der Waals surface area contributed by atoms with Crippen LogP contribution in [0.2, 0.25) is 0 Å². The number of rotatable bonds is 10. The summed E-state index contributed by atoms with van der Waals surface area (Å²) in [6.45, 7) is 17.3. The minimum atomic E-state index is -0.838. The molecule has 0 radical (unpaired) electrons. The maximum absolute atomic E-state index is 14.5. The molecule has 1 aromatic rings. The lowest BCUT2D eigenvalue weighted by molar-refractivity contribution is -0.150. The van der Waals surface area contributed by atoms with Crippen LogP contribution in [0.5, 0.6) is 0 Å². The Morgan fingerprint density at radius 2 is 1.68 bits per heavy atom. The van der Waals surface area contributed by atoms with E-state index in [9.17, 15) is 14.4 Å². The highest BCUT2D eigenvalue weighted by atomic mass is 16.6. The number of carbonyl (C=O) groups excluding carboxylic acids is 3. The SMILES string of the molecule is CCC(C)C(NC(=O)OC(C)(C)C)C(=O)N(C(C(=O)NC1CCCCC1)c1cccc(C)c1)C(C)(C)CC. The first-order chi connectivity index (χ1) is 17.7. The molecule has 7 nitrogen and oxygen atoms in total. The number of carbonyl (C=O) groups is 3. The third-order valence-corrected chi connectivity index (χ3v) is 7.72. The lowest BCUT2D eigenvalue weighted by Crippen LogP contribution is -2.61. The Balaban J connectivity index is 2.58. The minimum Gasteiger partial charge on any atom is -0.444 e. The topological polar surface area (TPSA) is 87.7 Å². The third-order valence-electron chi connectivity index (χ3n) is 7.72. The molecular weight excluding hydrogens is 478 g/mol. The first-order valence-electron chi connectivity index (χ1n) is 14.4. The van der Waals surface area contributed by atoms with Crippen LogP contribution in [0.4, 0.5) is 4.79 Å². The van der Waals surface area contributed by atoms with Gasteiger partial charge in [0.15, 0.2) is 0 Å². The second-order valence-corrected chi connectivity index (χ2v) is 12.5. The van der Waals surface area contributed by atoms with E-state index in [4.69, 9.17) is 4.74 Å². The van der Waals surface area contributed by atoms with Gasteiger partial charge in [0.2, 0.25) is 11.8 Å². The maximum atomic E-state index is 14.5. The summed E-state index contributed by atoms with van der Waals surface area (Å²) in [6, 6.07) is 6.26. The quantitative estimate of drug-likeness (QED) is 0.365. The van der Waals surface area contributed by atoms with E-state index in [-0.39, 0.29) is 23.8 Å². The van der Waals surface area contributed by atoms with Gasteiger partial charge in [0.1, 0.15) is 17.7 Å². The van der Waals surface area contributed by atoms with Crippen molar-refractivity contribution in [1.82, 2.24) is 15.5 Å². The number of nitrogens with one attached hydrogen (secondary N) is 2. The van der Waals surface area contributed by atoms with Crippen molar-refractivity contribution in [3.63, 3.8) is 0 Å². The van der Waals surface area contributed by atoms with Crippen molar-refractivity contribution >= 4 is 17.9 Å². The molecule has 2 N–H and O–H groups in total. The summed E-state index contributed by atoms with van der Waals surface area (Å²) in [7, 11) is 0. The third kappa shape index (κ3) is 8.74. The first kappa shape index (κ1) is 31.6. The molecule has 1 aromatic carbocycles. The summed E-state index contributed by atoms with van der Waals surface area (Å²) in [6.07, 6.45) is 5.96. The number of hydrogen-bond acceptors (Lipinski definition) is 4. The van der Waals surface area contributed by atoms with E-state index in [2.05, 4.69) is 10.6 Å². The molecule has 0 saturated heterocycles. The molecule has 1 fully saturated rings. The zero-order valence-corrected chi connectivity index (χ0v) is 25.1. The molecule has 1 aliphatic rings. The predicted molar refractivity (Wildman–Crippen MR) is 153 cm³/mol. The Bertz CT molecular complexity index is 947. The largest absolute Gasteiger partial charge is 0.444 e. The number of hydrogen-bond donors (Lipinski definition) is 2. The molecule has 0 aliphatic heterocycles. The Morgan fingerprint density at radius 1 is 1.05 bits per heavy atom. The van der Waals surface area contributed by atoms with Crippen LogP contribution >= 0.6 is 0 Å². The van der Waals surface area contributed by atoms with E-state index in [0.29, 0.717) is 12.8 Å². The van der Waals surface area contributed by atoms with Gasteiger partial charge in [-0.25, -0.2) is 4.79 Å². The smallest absolute Gasteiger partial charge is 0.408 e. The molecule has 3 unspecified atom stereocenters. The van der Waals surface area contributed by atoms with E-state index in [0.717, 1.165) is 36.8 Å². The summed E-state index contributed by atoms with van der Waals surface area (Å²) in [5.41, 5.74) is 0.439. The number of nitrogens with zero attached hydrogens (tertiary/aromatic N) is 1. The second kappa shape index (κ2) is 13.5. The maximum Gasteiger partial charge on any atom is 0.408 e. The van der Waals surface area contributed by atoms with Crippen LogP contribution in [0.3, 0.4) is 0 Å². The minimum absolute atomic E-state index is 0.107. The Labute approximate surface area is 230 Å². The Hall–Kier alpha value is -2.57. The average molecular weight is 530 g/mol. The van der Waals surface area contributed by atoms with E-state index in [1.165, 1.54) is 6.42 Å². The Kier molecular flexibility index (Phi) is 11.2. The molecule has 38 heavy (non-hydrogen) atoms. The van der Waals surface area contributed by atoms with Crippen molar-refractivity contribution < 1.29 is 19.1 Å². The highest BCUT2D eigenvalue weighted by molar-refractivity contribution is 5.93. The number of benzene rings is 1. The van der Waals surface area contributed by atoms with E-state index >= 15 is 0 Å². The number of ether oxygens (including phenoxy) is 1. The fourth-order valence-corrected chi connectivity index (χ4v) is 5.00. The van der Waals surface area contributed by atoms with Gasteiger partial charge in [-0.15, -0.1) is 0 Å².